The molecule has 0 saturated carbocycles. The molecule has 124 valence electrons. The van der Waals surface area contributed by atoms with Crippen molar-refractivity contribution < 1.29 is 18.6 Å². The van der Waals surface area contributed by atoms with Gasteiger partial charge in [-0.2, -0.15) is 0 Å². The minimum Gasteiger partial charge on any atom is -0.505 e. The average Bonchev–Trinajstić information content (AvgIpc) is 2.56. The van der Waals surface area contributed by atoms with E-state index in [1.54, 1.807) is 30.3 Å². The van der Waals surface area contributed by atoms with Gasteiger partial charge in [-0.15, -0.1) is 0 Å². The second-order valence-corrected chi connectivity index (χ2v) is 6.42. The standard InChI is InChI=1S/C12H8BrFO.C6H4BrFO/c13-9-6-7-12(11(14)8-9)15-10-4-2-1-3-5-10;7-4-1-2-6(9)5(8)3-4/h1-8H;1-3,9H. The molecule has 24 heavy (non-hydrogen) atoms. The van der Waals surface area contributed by atoms with Crippen LogP contribution in [0.3, 0.4) is 0 Å². The molecule has 3 aromatic carbocycles. The van der Waals surface area contributed by atoms with E-state index in [9.17, 15) is 8.78 Å². The summed E-state index contributed by atoms with van der Waals surface area (Å²) in [4.78, 5) is 0. The molecule has 6 heteroatoms. The van der Waals surface area contributed by atoms with Gasteiger partial charge in [0.25, 0.3) is 0 Å². The Morgan fingerprint density at radius 1 is 0.750 bits per heavy atom. The van der Waals surface area contributed by atoms with Crippen molar-refractivity contribution in [2.24, 2.45) is 0 Å². The molecule has 0 saturated heterocycles. The number of benzene rings is 3. The number of halogens is 4. The Balaban J connectivity index is 0.000000198. The molecule has 0 amide bonds. The predicted octanol–water partition coefficient (Wildman–Crippen LogP) is 6.67. The van der Waals surface area contributed by atoms with E-state index < -0.39 is 5.82 Å². The van der Waals surface area contributed by atoms with Crippen LogP contribution in [0.25, 0.3) is 0 Å². The summed E-state index contributed by atoms with van der Waals surface area (Å²) in [6, 6.07) is 17.9. The summed E-state index contributed by atoms with van der Waals surface area (Å²) in [6.45, 7) is 0. The second kappa shape index (κ2) is 8.80. The van der Waals surface area contributed by atoms with E-state index in [4.69, 9.17) is 9.84 Å². The SMILES string of the molecule is Fc1cc(Br)ccc1Oc1ccccc1.Oc1ccc(Br)cc1F. The van der Waals surface area contributed by atoms with Crippen molar-refractivity contribution >= 4 is 31.9 Å². The molecule has 0 aliphatic carbocycles. The zero-order chi connectivity index (χ0) is 17.5. The lowest BCUT2D eigenvalue weighted by molar-refractivity contribution is 0.432. The zero-order valence-electron chi connectivity index (χ0n) is 12.2. The minimum atomic E-state index is -0.607. The molecule has 3 rings (SSSR count). The molecule has 0 aliphatic heterocycles. The van der Waals surface area contributed by atoms with Gasteiger partial charge < -0.3 is 9.84 Å². The molecule has 1 N–H and O–H groups in total. The fraction of sp³-hybridized carbons (Fsp3) is 0. The molecular weight excluding hydrogens is 446 g/mol. The van der Waals surface area contributed by atoms with E-state index in [-0.39, 0.29) is 17.3 Å². The van der Waals surface area contributed by atoms with Crippen LogP contribution >= 0.6 is 31.9 Å². The number of phenols is 1. The highest BCUT2D eigenvalue weighted by atomic mass is 79.9. The Bertz CT molecular complexity index is 811. The highest BCUT2D eigenvalue weighted by Gasteiger charge is 2.04. The molecule has 0 fully saturated rings. The lowest BCUT2D eigenvalue weighted by Crippen LogP contribution is -1.87. The Morgan fingerprint density at radius 3 is 1.88 bits per heavy atom. The average molecular weight is 458 g/mol. The van der Waals surface area contributed by atoms with E-state index in [2.05, 4.69) is 31.9 Å². The summed E-state index contributed by atoms with van der Waals surface area (Å²) in [7, 11) is 0. The van der Waals surface area contributed by atoms with Crippen molar-refractivity contribution in [2.45, 2.75) is 0 Å². The fourth-order valence-electron chi connectivity index (χ4n) is 1.65. The molecular formula is C18H12Br2F2O2. The summed E-state index contributed by atoms with van der Waals surface area (Å²) in [5, 5.41) is 8.65. The number of hydrogen-bond acceptors (Lipinski definition) is 2. The van der Waals surface area contributed by atoms with Gasteiger partial charge >= 0.3 is 0 Å². The number of hydrogen-bond donors (Lipinski definition) is 1. The van der Waals surface area contributed by atoms with Crippen LogP contribution in [0.1, 0.15) is 0 Å². The quantitative estimate of drug-likeness (QED) is 0.465. The topological polar surface area (TPSA) is 29.5 Å². The van der Waals surface area contributed by atoms with Crippen LogP contribution in [0.5, 0.6) is 17.2 Å². The molecule has 3 aromatic rings. The first-order valence-electron chi connectivity index (χ1n) is 6.77. The highest BCUT2D eigenvalue weighted by Crippen LogP contribution is 2.26. The Morgan fingerprint density at radius 2 is 1.33 bits per heavy atom. The number of aromatic hydroxyl groups is 1. The van der Waals surface area contributed by atoms with Gasteiger partial charge in [-0.05, 0) is 48.5 Å². The number of phenolic OH excluding ortho intramolecular Hbond substituents is 1. The van der Waals surface area contributed by atoms with E-state index in [0.29, 0.717) is 14.7 Å². The maximum Gasteiger partial charge on any atom is 0.166 e. The Labute approximate surface area is 155 Å². The van der Waals surface area contributed by atoms with Crippen molar-refractivity contribution in [2.75, 3.05) is 0 Å². The van der Waals surface area contributed by atoms with Crippen LogP contribution in [-0.4, -0.2) is 5.11 Å². The summed E-state index contributed by atoms with van der Waals surface area (Å²) < 4.78 is 32.4. The first-order chi connectivity index (χ1) is 11.5. The van der Waals surface area contributed by atoms with Crippen LogP contribution < -0.4 is 4.74 Å². The van der Waals surface area contributed by atoms with Crippen molar-refractivity contribution in [3.63, 3.8) is 0 Å². The second-order valence-electron chi connectivity index (χ2n) is 4.59. The normalized spacial score (nSPS) is 9.83. The zero-order valence-corrected chi connectivity index (χ0v) is 15.4. The number of para-hydroxylation sites is 1. The highest BCUT2D eigenvalue weighted by molar-refractivity contribution is 9.10. The molecule has 0 aromatic heterocycles. The monoisotopic (exact) mass is 456 g/mol. The van der Waals surface area contributed by atoms with Gasteiger partial charge in [0.1, 0.15) is 5.75 Å². The Hall–Kier alpha value is -1.92. The van der Waals surface area contributed by atoms with Crippen LogP contribution in [0.2, 0.25) is 0 Å². The fourth-order valence-corrected chi connectivity index (χ4v) is 2.32. The first-order valence-corrected chi connectivity index (χ1v) is 8.36. The van der Waals surface area contributed by atoms with Crippen LogP contribution in [0, 0.1) is 11.6 Å². The summed E-state index contributed by atoms with van der Waals surface area (Å²) in [6.07, 6.45) is 0. The van der Waals surface area contributed by atoms with Gasteiger partial charge in [-0.1, -0.05) is 50.1 Å². The van der Waals surface area contributed by atoms with E-state index >= 15 is 0 Å². The van der Waals surface area contributed by atoms with E-state index in [0.717, 1.165) is 0 Å². The first kappa shape index (κ1) is 18.4. The van der Waals surface area contributed by atoms with Gasteiger partial charge in [-0.3, -0.25) is 0 Å². The van der Waals surface area contributed by atoms with Crippen LogP contribution in [0.4, 0.5) is 8.78 Å². The summed E-state index contributed by atoms with van der Waals surface area (Å²) >= 11 is 6.23. The molecule has 0 atom stereocenters. The Kier molecular flexibility index (Phi) is 6.75. The number of ether oxygens (including phenoxy) is 1. The lowest BCUT2D eigenvalue weighted by atomic mass is 10.3. The van der Waals surface area contributed by atoms with Gasteiger partial charge in [0.15, 0.2) is 23.1 Å². The van der Waals surface area contributed by atoms with Crippen molar-refractivity contribution in [3.8, 4) is 17.2 Å². The molecule has 0 spiro atoms. The van der Waals surface area contributed by atoms with E-state index in [1.807, 2.05) is 18.2 Å². The molecule has 0 bridgehead atoms. The minimum absolute atomic E-state index is 0.226. The summed E-state index contributed by atoms with van der Waals surface area (Å²) in [5.74, 6) is -0.459. The number of rotatable bonds is 2. The predicted molar refractivity (Wildman–Crippen MR) is 96.4 cm³/mol. The van der Waals surface area contributed by atoms with Crippen molar-refractivity contribution in [1.82, 2.24) is 0 Å². The molecule has 0 heterocycles. The van der Waals surface area contributed by atoms with Crippen LogP contribution in [0.15, 0.2) is 75.7 Å². The third-order valence-corrected chi connectivity index (χ3v) is 3.76. The van der Waals surface area contributed by atoms with Gasteiger partial charge in [0.2, 0.25) is 0 Å². The smallest absolute Gasteiger partial charge is 0.166 e. The maximum absolute atomic E-state index is 13.4. The van der Waals surface area contributed by atoms with Gasteiger partial charge in [0.05, 0.1) is 0 Å². The molecule has 0 unspecified atom stereocenters. The van der Waals surface area contributed by atoms with Gasteiger partial charge in [0, 0.05) is 8.95 Å². The summed E-state index contributed by atoms with van der Waals surface area (Å²) in [5.41, 5.74) is 0. The van der Waals surface area contributed by atoms with Crippen molar-refractivity contribution in [1.29, 1.82) is 0 Å². The molecule has 0 aliphatic rings. The lowest BCUT2D eigenvalue weighted by Gasteiger charge is -2.06. The maximum atomic E-state index is 13.4. The van der Waals surface area contributed by atoms with Gasteiger partial charge in [-0.25, -0.2) is 8.78 Å². The molecule has 0 radical (unpaired) electrons. The van der Waals surface area contributed by atoms with Crippen molar-refractivity contribution in [3.05, 3.63) is 87.3 Å². The van der Waals surface area contributed by atoms with Crippen LogP contribution in [-0.2, 0) is 0 Å². The van der Waals surface area contributed by atoms with E-state index in [1.165, 1.54) is 18.2 Å². The molecule has 2 nitrogen and oxygen atoms in total. The third-order valence-electron chi connectivity index (χ3n) is 2.77. The largest absolute Gasteiger partial charge is 0.505 e. The third kappa shape index (κ3) is 5.62.